The van der Waals surface area contributed by atoms with Crippen molar-refractivity contribution < 1.29 is 13.2 Å². The number of rotatable bonds is 4. The zero-order valence-electron chi connectivity index (χ0n) is 13.5. The van der Waals surface area contributed by atoms with Crippen molar-refractivity contribution >= 4 is 15.9 Å². The van der Waals surface area contributed by atoms with Gasteiger partial charge in [-0.25, -0.2) is 13.1 Å². The van der Waals surface area contributed by atoms with E-state index in [1.54, 1.807) is 24.0 Å². The van der Waals surface area contributed by atoms with Gasteiger partial charge in [0.05, 0.1) is 4.90 Å². The first-order valence-corrected chi connectivity index (χ1v) is 9.81. The molecule has 1 amide bonds. The minimum Gasteiger partial charge on any atom is -0.338 e. The van der Waals surface area contributed by atoms with Crippen LogP contribution in [0.1, 0.15) is 43.7 Å². The highest BCUT2D eigenvalue weighted by molar-refractivity contribution is 7.89. The second-order valence-electron chi connectivity index (χ2n) is 6.62. The Morgan fingerprint density at radius 1 is 1.26 bits per heavy atom. The predicted octanol–water partition coefficient (Wildman–Crippen LogP) is 2.06. The fourth-order valence-electron chi connectivity index (χ4n) is 3.49. The SMILES string of the molecule is CC(=O)N1CCc2ccc(S(=O)(=O)NCC3CCCC3)cc2C1. The topological polar surface area (TPSA) is 66.5 Å². The Kier molecular flexibility index (Phi) is 4.73. The molecule has 0 atom stereocenters. The lowest BCUT2D eigenvalue weighted by Gasteiger charge is -2.28. The van der Waals surface area contributed by atoms with Gasteiger partial charge in [-0.15, -0.1) is 0 Å². The molecule has 1 N–H and O–H groups in total. The molecule has 1 heterocycles. The third-order valence-electron chi connectivity index (χ3n) is 4.98. The van der Waals surface area contributed by atoms with E-state index in [4.69, 9.17) is 0 Å². The molecule has 1 aliphatic heterocycles. The molecule has 3 rings (SSSR count). The summed E-state index contributed by atoms with van der Waals surface area (Å²) in [6.07, 6.45) is 5.41. The van der Waals surface area contributed by atoms with Crippen molar-refractivity contribution in [3.8, 4) is 0 Å². The summed E-state index contributed by atoms with van der Waals surface area (Å²) in [5.41, 5.74) is 2.08. The van der Waals surface area contributed by atoms with Gasteiger partial charge in [0.15, 0.2) is 0 Å². The van der Waals surface area contributed by atoms with E-state index in [1.807, 2.05) is 6.07 Å². The number of fused-ring (bicyclic) bond motifs is 1. The van der Waals surface area contributed by atoms with E-state index in [9.17, 15) is 13.2 Å². The summed E-state index contributed by atoms with van der Waals surface area (Å²) < 4.78 is 27.7. The monoisotopic (exact) mass is 336 g/mol. The summed E-state index contributed by atoms with van der Waals surface area (Å²) >= 11 is 0. The average Bonchev–Trinajstić information content (AvgIpc) is 3.05. The van der Waals surface area contributed by atoms with E-state index in [2.05, 4.69) is 4.72 Å². The van der Waals surface area contributed by atoms with Gasteiger partial charge in [0.25, 0.3) is 0 Å². The van der Waals surface area contributed by atoms with Crippen LogP contribution in [0.2, 0.25) is 0 Å². The second kappa shape index (κ2) is 6.61. The van der Waals surface area contributed by atoms with Gasteiger partial charge in [-0.2, -0.15) is 0 Å². The number of sulfonamides is 1. The highest BCUT2D eigenvalue weighted by atomic mass is 32.2. The van der Waals surface area contributed by atoms with E-state index < -0.39 is 10.0 Å². The molecule has 126 valence electrons. The Morgan fingerprint density at radius 3 is 2.70 bits per heavy atom. The molecule has 2 aliphatic rings. The fourth-order valence-corrected chi connectivity index (χ4v) is 4.66. The quantitative estimate of drug-likeness (QED) is 0.915. The van der Waals surface area contributed by atoms with Crippen LogP contribution < -0.4 is 4.72 Å². The maximum absolute atomic E-state index is 12.5. The first-order valence-electron chi connectivity index (χ1n) is 8.33. The third-order valence-corrected chi connectivity index (χ3v) is 6.40. The van der Waals surface area contributed by atoms with E-state index >= 15 is 0 Å². The minimum atomic E-state index is -3.47. The molecule has 0 unspecified atom stereocenters. The smallest absolute Gasteiger partial charge is 0.240 e. The summed E-state index contributed by atoms with van der Waals surface area (Å²) in [5, 5.41) is 0. The molecule has 1 aromatic carbocycles. The highest BCUT2D eigenvalue weighted by Crippen LogP contribution is 2.25. The number of carbonyl (C=O) groups excluding carboxylic acids is 1. The second-order valence-corrected chi connectivity index (χ2v) is 8.39. The Labute approximate surface area is 138 Å². The number of carbonyl (C=O) groups is 1. The molecule has 0 bridgehead atoms. The Bertz CT molecular complexity index is 694. The first kappa shape index (κ1) is 16.5. The van der Waals surface area contributed by atoms with Gasteiger partial charge in [0, 0.05) is 26.6 Å². The van der Waals surface area contributed by atoms with Gasteiger partial charge in [0.2, 0.25) is 15.9 Å². The van der Waals surface area contributed by atoms with Crippen molar-refractivity contribution in [2.45, 2.75) is 50.5 Å². The number of hydrogen-bond acceptors (Lipinski definition) is 3. The van der Waals surface area contributed by atoms with Gasteiger partial charge in [-0.1, -0.05) is 18.9 Å². The number of hydrogen-bond donors (Lipinski definition) is 1. The first-order chi connectivity index (χ1) is 11.0. The molecule has 6 heteroatoms. The molecule has 5 nitrogen and oxygen atoms in total. The number of amides is 1. The van der Waals surface area contributed by atoms with Crippen molar-refractivity contribution in [3.05, 3.63) is 29.3 Å². The van der Waals surface area contributed by atoms with Gasteiger partial charge in [0.1, 0.15) is 0 Å². The maximum atomic E-state index is 12.5. The Hall–Kier alpha value is -1.40. The van der Waals surface area contributed by atoms with E-state index in [1.165, 1.54) is 12.8 Å². The zero-order valence-corrected chi connectivity index (χ0v) is 14.4. The van der Waals surface area contributed by atoms with Gasteiger partial charge in [-0.3, -0.25) is 4.79 Å². The van der Waals surface area contributed by atoms with Crippen LogP contribution in [0.15, 0.2) is 23.1 Å². The zero-order chi connectivity index (χ0) is 16.4. The van der Waals surface area contributed by atoms with Gasteiger partial charge in [-0.05, 0) is 48.4 Å². The molecular weight excluding hydrogens is 312 g/mol. The Balaban J connectivity index is 1.74. The summed E-state index contributed by atoms with van der Waals surface area (Å²) in [4.78, 5) is 13.6. The predicted molar refractivity (Wildman–Crippen MR) is 88.4 cm³/mol. The van der Waals surface area contributed by atoms with Crippen LogP contribution in [-0.2, 0) is 27.8 Å². The highest BCUT2D eigenvalue weighted by Gasteiger charge is 2.23. The van der Waals surface area contributed by atoms with Crippen molar-refractivity contribution in [2.24, 2.45) is 5.92 Å². The molecule has 1 aromatic rings. The van der Waals surface area contributed by atoms with Crippen molar-refractivity contribution in [2.75, 3.05) is 13.1 Å². The fraction of sp³-hybridized carbons (Fsp3) is 0.588. The lowest BCUT2D eigenvalue weighted by molar-refractivity contribution is -0.129. The van der Waals surface area contributed by atoms with Gasteiger partial charge >= 0.3 is 0 Å². The van der Waals surface area contributed by atoms with E-state index in [0.29, 0.717) is 30.4 Å². The van der Waals surface area contributed by atoms with Crippen LogP contribution in [0, 0.1) is 5.92 Å². The van der Waals surface area contributed by atoms with Gasteiger partial charge < -0.3 is 4.90 Å². The van der Waals surface area contributed by atoms with Crippen molar-refractivity contribution in [3.63, 3.8) is 0 Å². The lowest BCUT2D eigenvalue weighted by atomic mass is 10.00. The van der Waals surface area contributed by atoms with E-state index in [0.717, 1.165) is 30.4 Å². The summed E-state index contributed by atoms with van der Waals surface area (Å²) in [6.45, 7) is 3.28. The summed E-state index contributed by atoms with van der Waals surface area (Å²) in [7, 11) is -3.47. The molecule has 23 heavy (non-hydrogen) atoms. The van der Waals surface area contributed by atoms with Crippen LogP contribution in [0.3, 0.4) is 0 Å². The number of benzene rings is 1. The lowest BCUT2D eigenvalue weighted by Crippen LogP contribution is -2.34. The normalized spacial score (nSPS) is 18.9. The minimum absolute atomic E-state index is 0.0308. The molecular formula is C17H24N2O3S. The summed E-state index contributed by atoms with van der Waals surface area (Å²) in [6, 6.07) is 5.29. The van der Waals surface area contributed by atoms with Crippen LogP contribution in [-0.4, -0.2) is 32.3 Å². The standard InChI is InChI=1S/C17H24N2O3S/c1-13(20)19-9-8-15-6-7-17(10-16(15)12-19)23(21,22)18-11-14-4-2-3-5-14/h6-7,10,14,18H,2-5,8-9,11-12H2,1H3. The molecule has 1 saturated carbocycles. The Morgan fingerprint density at radius 2 is 2.00 bits per heavy atom. The average molecular weight is 336 g/mol. The van der Waals surface area contributed by atoms with Crippen LogP contribution >= 0.6 is 0 Å². The van der Waals surface area contributed by atoms with Crippen molar-refractivity contribution in [1.29, 1.82) is 0 Å². The maximum Gasteiger partial charge on any atom is 0.240 e. The number of nitrogens with one attached hydrogen (secondary N) is 1. The molecule has 0 radical (unpaired) electrons. The summed E-state index contributed by atoms with van der Waals surface area (Å²) in [5.74, 6) is 0.499. The largest absolute Gasteiger partial charge is 0.338 e. The van der Waals surface area contributed by atoms with Crippen LogP contribution in [0.4, 0.5) is 0 Å². The van der Waals surface area contributed by atoms with Crippen LogP contribution in [0.5, 0.6) is 0 Å². The van der Waals surface area contributed by atoms with Crippen LogP contribution in [0.25, 0.3) is 0 Å². The molecule has 0 aromatic heterocycles. The molecule has 0 saturated heterocycles. The molecule has 1 aliphatic carbocycles. The molecule has 1 fully saturated rings. The molecule has 0 spiro atoms. The van der Waals surface area contributed by atoms with Crippen molar-refractivity contribution in [1.82, 2.24) is 9.62 Å². The van der Waals surface area contributed by atoms with E-state index in [-0.39, 0.29) is 5.91 Å². The third kappa shape index (κ3) is 3.75. The number of nitrogens with zero attached hydrogens (tertiary/aromatic N) is 1.